The molecule has 0 unspecified atom stereocenters. The number of nitrogens with zero attached hydrogens (tertiary/aromatic N) is 7. The van der Waals surface area contributed by atoms with E-state index < -0.39 is 17.6 Å². The lowest BCUT2D eigenvalue weighted by atomic mass is 10.1. The molecule has 2 aromatic heterocycles. The molecule has 12 heteroatoms. The van der Waals surface area contributed by atoms with Crippen LogP contribution in [0.1, 0.15) is 33.6 Å². The number of hydrogen-bond donors (Lipinski definition) is 1. The molecule has 5 rings (SSSR count). The molecule has 0 bridgehead atoms. The molecule has 1 saturated heterocycles. The van der Waals surface area contributed by atoms with Crippen LogP contribution < -0.4 is 10.2 Å². The summed E-state index contributed by atoms with van der Waals surface area (Å²) < 4.78 is 44.6. The summed E-state index contributed by atoms with van der Waals surface area (Å²) in [5.74, 6) is -0.525. The van der Waals surface area contributed by atoms with Gasteiger partial charge in [-0.3, -0.25) is 9.48 Å². The Morgan fingerprint density at radius 2 is 1.90 bits per heavy atom. The second-order valence-electron chi connectivity index (χ2n) is 10.4. The molecule has 4 aromatic rings. The number of aromatic nitrogens is 5. The number of halogens is 3. The van der Waals surface area contributed by atoms with Crippen LogP contribution in [0.15, 0.2) is 48.8 Å². The van der Waals surface area contributed by atoms with Gasteiger partial charge in [-0.05, 0) is 70.3 Å². The van der Waals surface area contributed by atoms with E-state index in [0.29, 0.717) is 30.2 Å². The first-order chi connectivity index (χ1) is 18.9. The average molecular weight is 553 g/mol. The second-order valence-corrected chi connectivity index (χ2v) is 10.4. The number of benzene rings is 2. The molecule has 1 atom stereocenters. The molecular formula is C28H31F3N8O. The third-order valence-electron chi connectivity index (χ3n) is 7.48. The largest absolute Gasteiger partial charge is 0.416 e. The summed E-state index contributed by atoms with van der Waals surface area (Å²) in [5, 5.41) is 15.4. The van der Waals surface area contributed by atoms with Crippen LogP contribution in [0.4, 0.5) is 24.5 Å². The van der Waals surface area contributed by atoms with Crippen molar-refractivity contribution in [1.29, 1.82) is 0 Å². The third kappa shape index (κ3) is 5.44. The standard InChI is InChI=1S/C28H31F3N8O/c1-17-6-7-19(10-26(17)39-16-25(34-35-39)24-14-32-37(5)18(24)2)27(40)33-21-11-20(28(29,30)31)12-23(13-21)38-9-8-22(15-38)36(3)4/h6-7,10-14,16,22H,8-9,15H2,1-5H3,(H,33,40)/t22-/m1/s1. The highest BCUT2D eigenvalue weighted by molar-refractivity contribution is 6.05. The molecule has 1 fully saturated rings. The topological polar surface area (TPSA) is 84.1 Å². The van der Waals surface area contributed by atoms with Crippen LogP contribution in [0.3, 0.4) is 0 Å². The molecule has 1 amide bonds. The molecule has 2 aromatic carbocycles. The van der Waals surface area contributed by atoms with Crippen LogP contribution in [0, 0.1) is 13.8 Å². The van der Waals surface area contributed by atoms with Crippen LogP contribution in [-0.4, -0.2) is 68.8 Å². The summed E-state index contributed by atoms with van der Waals surface area (Å²) in [7, 11) is 5.76. The van der Waals surface area contributed by atoms with E-state index in [1.807, 2.05) is 39.9 Å². The molecule has 210 valence electrons. The maximum Gasteiger partial charge on any atom is 0.416 e. The molecule has 0 spiro atoms. The minimum Gasteiger partial charge on any atom is -0.370 e. The fourth-order valence-corrected chi connectivity index (χ4v) is 4.88. The number of rotatable bonds is 6. The number of aryl methyl sites for hydroxylation is 2. The SMILES string of the molecule is Cc1ccc(C(=O)Nc2cc(N3CC[C@@H](N(C)C)C3)cc(C(F)(F)F)c2)cc1-n1cc(-c2cnn(C)c2C)nn1. The summed E-state index contributed by atoms with van der Waals surface area (Å²) in [5.41, 5.74) is 3.88. The first kappa shape index (κ1) is 27.4. The van der Waals surface area contributed by atoms with Crippen molar-refractivity contribution in [3.8, 4) is 16.9 Å². The van der Waals surface area contributed by atoms with Gasteiger partial charge in [0.2, 0.25) is 0 Å². The number of anilines is 2. The van der Waals surface area contributed by atoms with Crippen molar-refractivity contribution in [3.05, 3.63) is 71.2 Å². The Labute approximate surface area is 230 Å². The van der Waals surface area contributed by atoms with E-state index in [1.54, 1.807) is 46.0 Å². The lowest BCUT2D eigenvalue weighted by Gasteiger charge is -2.23. The highest BCUT2D eigenvalue weighted by Gasteiger charge is 2.33. The molecule has 0 radical (unpaired) electrons. The zero-order valence-corrected chi connectivity index (χ0v) is 23.0. The van der Waals surface area contributed by atoms with Crippen molar-refractivity contribution in [2.24, 2.45) is 7.05 Å². The lowest BCUT2D eigenvalue weighted by Crippen LogP contribution is -2.31. The van der Waals surface area contributed by atoms with Crippen LogP contribution in [-0.2, 0) is 13.2 Å². The minimum atomic E-state index is -4.55. The van der Waals surface area contributed by atoms with E-state index in [4.69, 9.17) is 0 Å². The highest BCUT2D eigenvalue weighted by atomic mass is 19.4. The number of likely N-dealkylation sites (N-methyl/N-ethyl adjacent to an activating group) is 1. The van der Waals surface area contributed by atoms with Gasteiger partial charge < -0.3 is 15.1 Å². The molecule has 3 heterocycles. The van der Waals surface area contributed by atoms with Crippen molar-refractivity contribution < 1.29 is 18.0 Å². The van der Waals surface area contributed by atoms with Gasteiger partial charge in [0.15, 0.2) is 0 Å². The van der Waals surface area contributed by atoms with E-state index in [-0.39, 0.29) is 17.3 Å². The molecular weight excluding hydrogens is 521 g/mol. The molecule has 40 heavy (non-hydrogen) atoms. The summed E-state index contributed by atoms with van der Waals surface area (Å²) in [6.45, 7) is 5.06. The highest BCUT2D eigenvalue weighted by Crippen LogP contribution is 2.36. The Hall–Kier alpha value is -4.19. The quantitative estimate of drug-likeness (QED) is 0.374. The number of alkyl halides is 3. The Morgan fingerprint density at radius 3 is 2.55 bits per heavy atom. The normalized spacial score (nSPS) is 15.7. The van der Waals surface area contributed by atoms with E-state index in [0.717, 1.165) is 35.4 Å². The van der Waals surface area contributed by atoms with Gasteiger partial charge >= 0.3 is 6.18 Å². The minimum absolute atomic E-state index is 0.0837. The Kier molecular flexibility index (Phi) is 7.13. The first-order valence-electron chi connectivity index (χ1n) is 12.9. The lowest BCUT2D eigenvalue weighted by molar-refractivity contribution is -0.137. The molecule has 1 N–H and O–H groups in total. The number of carbonyl (C=O) groups is 1. The van der Waals surface area contributed by atoms with Gasteiger partial charge in [0.25, 0.3) is 5.91 Å². The first-order valence-corrected chi connectivity index (χ1v) is 12.9. The maximum absolute atomic E-state index is 13.8. The van der Waals surface area contributed by atoms with Crippen molar-refractivity contribution >= 4 is 17.3 Å². The smallest absolute Gasteiger partial charge is 0.370 e. The van der Waals surface area contributed by atoms with E-state index in [2.05, 4.69) is 25.6 Å². The Bertz CT molecular complexity index is 1560. The van der Waals surface area contributed by atoms with Crippen LogP contribution >= 0.6 is 0 Å². The van der Waals surface area contributed by atoms with E-state index >= 15 is 0 Å². The summed E-state index contributed by atoms with van der Waals surface area (Å²) in [4.78, 5) is 17.2. The molecule has 0 aliphatic carbocycles. The van der Waals surface area contributed by atoms with Crippen LogP contribution in [0.5, 0.6) is 0 Å². The van der Waals surface area contributed by atoms with Crippen molar-refractivity contribution in [2.45, 2.75) is 32.5 Å². The summed E-state index contributed by atoms with van der Waals surface area (Å²) >= 11 is 0. The van der Waals surface area contributed by atoms with Gasteiger partial charge in [0.1, 0.15) is 5.69 Å². The fraction of sp³-hybridized carbons (Fsp3) is 0.357. The van der Waals surface area contributed by atoms with Gasteiger partial charge in [-0.2, -0.15) is 18.3 Å². The van der Waals surface area contributed by atoms with E-state index in [9.17, 15) is 18.0 Å². The molecule has 1 aliphatic rings. The van der Waals surface area contributed by atoms with Gasteiger partial charge in [-0.1, -0.05) is 11.3 Å². The van der Waals surface area contributed by atoms with Crippen LogP contribution in [0.2, 0.25) is 0 Å². The number of nitrogens with one attached hydrogen (secondary N) is 1. The maximum atomic E-state index is 13.8. The second kappa shape index (κ2) is 10.4. The third-order valence-corrected chi connectivity index (χ3v) is 7.48. The van der Waals surface area contributed by atoms with Gasteiger partial charge in [-0.25, -0.2) is 4.68 Å². The van der Waals surface area contributed by atoms with E-state index in [1.165, 1.54) is 0 Å². The predicted molar refractivity (Wildman–Crippen MR) is 147 cm³/mol. The zero-order valence-electron chi connectivity index (χ0n) is 23.0. The summed E-state index contributed by atoms with van der Waals surface area (Å²) in [6.07, 6.45) is -0.233. The Morgan fingerprint density at radius 1 is 1.12 bits per heavy atom. The molecule has 0 saturated carbocycles. The summed E-state index contributed by atoms with van der Waals surface area (Å²) in [6, 6.07) is 9.01. The number of carbonyl (C=O) groups excluding carboxylic acids is 1. The zero-order chi connectivity index (χ0) is 28.8. The van der Waals surface area contributed by atoms with Gasteiger partial charge in [0, 0.05) is 54.4 Å². The van der Waals surface area contributed by atoms with Crippen LogP contribution in [0.25, 0.3) is 16.9 Å². The number of hydrogen-bond acceptors (Lipinski definition) is 6. The molecule has 9 nitrogen and oxygen atoms in total. The predicted octanol–water partition coefficient (Wildman–Crippen LogP) is 4.70. The van der Waals surface area contributed by atoms with Gasteiger partial charge in [-0.15, -0.1) is 5.10 Å². The average Bonchev–Trinajstić information content (AvgIpc) is 3.65. The van der Waals surface area contributed by atoms with Gasteiger partial charge in [0.05, 0.1) is 23.6 Å². The monoisotopic (exact) mass is 552 g/mol. The number of amides is 1. The fourth-order valence-electron chi connectivity index (χ4n) is 4.88. The van der Waals surface area contributed by atoms with Crippen molar-refractivity contribution in [1.82, 2.24) is 29.7 Å². The van der Waals surface area contributed by atoms with Crippen molar-refractivity contribution in [2.75, 3.05) is 37.4 Å². The Balaban J connectivity index is 1.42. The molecule has 1 aliphatic heterocycles. The van der Waals surface area contributed by atoms with Crippen molar-refractivity contribution in [3.63, 3.8) is 0 Å².